The number of carbonyl (C=O) groups is 1. The summed E-state index contributed by atoms with van der Waals surface area (Å²) in [7, 11) is 0. The Hall–Kier alpha value is -3.13. The zero-order chi connectivity index (χ0) is 20.6. The first-order chi connectivity index (χ1) is 14.8. The number of aromatic nitrogens is 3. The Balaban J connectivity index is 1.29. The molecule has 1 saturated heterocycles. The topological polar surface area (TPSA) is 83.0 Å². The number of thioether (sulfide) groups is 1. The van der Waals surface area contributed by atoms with Gasteiger partial charge in [-0.05, 0) is 48.7 Å². The van der Waals surface area contributed by atoms with Crippen LogP contribution in [0, 0.1) is 0 Å². The van der Waals surface area contributed by atoms with Crippen molar-refractivity contribution >= 4 is 29.4 Å². The SMILES string of the molecule is O=C(Nc1cccc(CSc2ccccn2)c1)NC1CCCN(c2ncccn2)C1. The van der Waals surface area contributed by atoms with Gasteiger partial charge in [0.15, 0.2) is 0 Å². The third-order valence-electron chi connectivity index (χ3n) is 4.80. The minimum Gasteiger partial charge on any atom is -0.339 e. The summed E-state index contributed by atoms with van der Waals surface area (Å²) in [6.45, 7) is 1.61. The molecule has 1 unspecified atom stereocenters. The molecule has 2 amide bonds. The van der Waals surface area contributed by atoms with Crippen LogP contribution in [0.5, 0.6) is 0 Å². The summed E-state index contributed by atoms with van der Waals surface area (Å²) in [6.07, 6.45) is 7.21. The second-order valence-corrected chi connectivity index (χ2v) is 8.09. The van der Waals surface area contributed by atoms with Crippen LogP contribution in [0.25, 0.3) is 0 Å². The average molecular weight is 421 g/mol. The molecule has 0 aliphatic carbocycles. The molecule has 1 aliphatic heterocycles. The molecule has 2 aromatic heterocycles. The van der Waals surface area contributed by atoms with Gasteiger partial charge in [0.25, 0.3) is 0 Å². The molecule has 0 spiro atoms. The van der Waals surface area contributed by atoms with E-state index >= 15 is 0 Å². The lowest BCUT2D eigenvalue weighted by Crippen LogP contribution is -2.49. The van der Waals surface area contributed by atoms with Gasteiger partial charge in [0, 0.05) is 49.2 Å². The number of hydrogen-bond acceptors (Lipinski definition) is 6. The van der Waals surface area contributed by atoms with E-state index in [1.807, 2.05) is 36.4 Å². The molecule has 1 fully saturated rings. The highest BCUT2D eigenvalue weighted by Gasteiger charge is 2.23. The Bertz CT molecular complexity index is 956. The first kappa shape index (κ1) is 20.2. The second kappa shape index (κ2) is 10.1. The lowest BCUT2D eigenvalue weighted by atomic mass is 10.1. The first-order valence-electron chi connectivity index (χ1n) is 9.98. The minimum absolute atomic E-state index is 0.0606. The van der Waals surface area contributed by atoms with Crippen LogP contribution in [0.2, 0.25) is 0 Å². The molecule has 0 bridgehead atoms. The maximum absolute atomic E-state index is 12.5. The van der Waals surface area contributed by atoms with Gasteiger partial charge in [0.2, 0.25) is 5.95 Å². The van der Waals surface area contributed by atoms with Gasteiger partial charge in [-0.2, -0.15) is 0 Å². The highest BCUT2D eigenvalue weighted by Crippen LogP contribution is 2.22. The first-order valence-corrected chi connectivity index (χ1v) is 11.0. The van der Waals surface area contributed by atoms with Crippen molar-refractivity contribution in [2.45, 2.75) is 29.7 Å². The Morgan fingerprint density at radius 2 is 1.93 bits per heavy atom. The van der Waals surface area contributed by atoms with Crippen molar-refractivity contribution in [3.63, 3.8) is 0 Å². The fraction of sp³-hybridized carbons (Fsp3) is 0.273. The number of pyridine rings is 1. The summed E-state index contributed by atoms with van der Waals surface area (Å²) in [5.41, 5.74) is 1.92. The predicted molar refractivity (Wildman–Crippen MR) is 120 cm³/mol. The fourth-order valence-corrected chi connectivity index (χ4v) is 4.22. The largest absolute Gasteiger partial charge is 0.339 e. The fourth-order valence-electron chi connectivity index (χ4n) is 3.41. The number of anilines is 2. The third kappa shape index (κ3) is 5.70. The molecule has 154 valence electrons. The van der Waals surface area contributed by atoms with E-state index in [0.29, 0.717) is 12.5 Å². The number of nitrogens with zero attached hydrogens (tertiary/aromatic N) is 4. The van der Waals surface area contributed by atoms with Gasteiger partial charge in [-0.25, -0.2) is 19.7 Å². The molecule has 1 atom stereocenters. The standard InChI is InChI=1S/C22H24N6OS/c29-22(27-19-8-4-13-28(15-19)21-24-11-5-12-25-21)26-18-7-3-6-17(14-18)16-30-20-9-1-2-10-23-20/h1-3,5-7,9-12,14,19H,4,8,13,15-16H2,(H2,26,27,29). The number of urea groups is 1. The van der Waals surface area contributed by atoms with Crippen LogP contribution in [0.4, 0.5) is 16.4 Å². The van der Waals surface area contributed by atoms with Gasteiger partial charge in [-0.15, -0.1) is 11.8 Å². The van der Waals surface area contributed by atoms with Crippen molar-refractivity contribution in [3.8, 4) is 0 Å². The van der Waals surface area contributed by atoms with E-state index in [2.05, 4.69) is 36.6 Å². The van der Waals surface area contributed by atoms with Crippen LogP contribution in [0.3, 0.4) is 0 Å². The monoisotopic (exact) mass is 420 g/mol. The zero-order valence-electron chi connectivity index (χ0n) is 16.6. The number of carbonyl (C=O) groups excluding carboxylic acids is 1. The number of rotatable bonds is 6. The van der Waals surface area contributed by atoms with Crippen LogP contribution in [0.15, 0.2) is 72.1 Å². The quantitative estimate of drug-likeness (QED) is 0.588. The highest BCUT2D eigenvalue weighted by molar-refractivity contribution is 7.98. The summed E-state index contributed by atoms with van der Waals surface area (Å²) >= 11 is 1.67. The van der Waals surface area contributed by atoms with E-state index in [4.69, 9.17) is 0 Å². The van der Waals surface area contributed by atoms with E-state index in [1.165, 1.54) is 0 Å². The molecule has 0 saturated carbocycles. The molecule has 1 aliphatic rings. The summed E-state index contributed by atoms with van der Waals surface area (Å²) in [4.78, 5) is 27.6. The van der Waals surface area contributed by atoms with Gasteiger partial charge in [-0.3, -0.25) is 0 Å². The molecular weight excluding hydrogens is 396 g/mol. The van der Waals surface area contributed by atoms with Crippen molar-refractivity contribution < 1.29 is 4.79 Å². The minimum atomic E-state index is -0.189. The van der Waals surface area contributed by atoms with Crippen LogP contribution >= 0.6 is 11.8 Å². The molecule has 4 rings (SSSR count). The Labute approximate surface area is 180 Å². The lowest BCUT2D eigenvalue weighted by Gasteiger charge is -2.33. The van der Waals surface area contributed by atoms with Gasteiger partial charge in [0.1, 0.15) is 0 Å². The van der Waals surface area contributed by atoms with Crippen LogP contribution in [-0.2, 0) is 5.75 Å². The van der Waals surface area contributed by atoms with Gasteiger partial charge < -0.3 is 15.5 Å². The highest BCUT2D eigenvalue weighted by atomic mass is 32.2. The molecule has 3 aromatic rings. The Kier molecular flexibility index (Phi) is 6.76. The van der Waals surface area contributed by atoms with Gasteiger partial charge in [0.05, 0.1) is 5.03 Å². The van der Waals surface area contributed by atoms with Gasteiger partial charge in [-0.1, -0.05) is 18.2 Å². The molecular formula is C22H24N6OS. The molecule has 1 aromatic carbocycles. The number of hydrogen-bond donors (Lipinski definition) is 2. The normalized spacial score (nSPS) is 16.1. The van der Waals surface area contributed by atoms with E-state index < -0.39 is 0 Å². The van der Waals surface area contributed by atoms with E-state index in [9.17, 15) is 4.79 Å². The predicted octanol–water partition coefficient (Wildman–Crippen LogP) is 3.95. The maximum Gasteiger partial charge on any atom is 0.319 e. The van der Waals surface area contributed by atoms with E-state index in [1.54, 1.807) is 36.4 Å². The van der Waals surface area contributed by atoms with Crippen molar-refractivity contribution in [1.82, 2.24) is 20.3 Å². The maximum atomic E-state index is 12.5. The van der Waals surface area contributed by atoms with Crippen molar-refractivity contribution in [3.05, 3.63) is 72.7 Å². The van der Waals surface area contributed by atoms with E-state index in [0.717, 1.165) is 41.4 Å². The van der Waals surface area contributed by atoms with Gasteiger partial charge >= 0.3 is 6.03 Å². The Morgan fingerprint density at radius 1 is 1.07 bits per heavy atom. The molecule has 0 radical (unpaired) electrons. The van der Waals surface area contributed by atoms with Crippen LogP contribution in [-0.4, -0.2) is 40.1 Å². The average Bonchev–Trinajstić information content (AvgIpc) is 2.79. The lowest BCUT2D eigenvalue weighted by molar-refractivity contribution is 0.246. The summed E-state index contributed by atoms with van der Waals surface area (Å²) in [5, 5.41) is 7.02. The van der Waals surface area contributed by atoms with Crippen molar-refractivity contribution in [2.75, 3.05) is 23.3 Å². The smallest absolute Gasteiger partial charge is 0.319 e. The molecule has 8 heteroatoms. The Morgan fingerprint density at radius 3 is 2.77 bits per heavy atom. The molecule has 7 nitrogen and oxygen atoms in total. The van der Waals surface area contributed by atoms with Crippen LogP contribution in [0.1, 0.15) is 18.4 Å². The number of benzene rings is 1. The summed E-state index contributed by atoms with van der Waals surface area (Å²) in [5.74, 6) is 1.51. The summed E-state index contributed by atoms with van der Waals surface area (Å²) in [6, 6.07) is 15.5. The van der Waals surface area contributed by atoms with Crippen molar-refractivity contribution in [2.24, 2.45) is 0 Å². The van der Waals surface area contributed by atoms with Crippen LogP contribution < -0.4 is 15.5 Å². The third-order valence-corrected chi connectivity index (χ3v) is 5.82. The van der Waals surface area contributed by atoms with Crippen molar-refractivity contribution in [1.29, 1.82) is 0 Å². The molecule has 2 N–H and O–H groups in total. The number of piperidine rings is 1. The molecule has 3 heterocycles. The summed E-state index contributed by atoms with van der Waals surface area (Å²) < 4.78 is 0. The zero-order valence-corrected chi connectivity index (χ0v) is 17.4. The second-order valence-electron chi connectivity index (χ2n) is 7.09. The molecule has 30 heavy (non-hydrogen) atoms. The number of nitrogens with one attached hydrogen (secondary N) is 2. The number of amides is 2. The van der Waals surface area contributed by atoms with E-state index in [-0.39, 0.29) is 12.1 Å².